The molecule has 0 N–H and O–H groups in total. The zero-order valence-electron chi connectivity index (χ0n) is 11.7. The highest BCUT2D eigenvalue weighted by atomic mass is 32.1. The minimum absolute atomic E-state index is 0.628. The lowest BCUT2D eigenvalue weighted by molar-refractivity contribution is 0.113. The smallest absolute Gasteiger partial charge is 0.0675 e. The van der Waals surface area contributed by atoms with E-state index in [2.05, 4.69) is 24.1 Å². The van der Waals surface area contributed by atoms with E-state index >= 15 is 0 Å². The lowest BCUT2D eigenvalue weighted by atomic mass is 10.2. The van der Waals surface area contributed by atoms with Gasteiger partial charge >= 0.3 is 0 Å². The van der Waals surface area contributed by atoms with Crippen LogP contribution in [0.2, 0.25) is 0 Å². The second-order valence-corrected chi connectivity index (χ2v) is 4.55. The highest BCUT2D eigenvalue weighted by Crippen LogP contribution is 2.02. The summed E-state index contributed by atoms with van der Waals surface area (Å²) in [5, 5.41) is 0. The predicted molar refractivity (Wildman–Crippen MR) is 78.6 cm³/mol. The monoisotopic (exact) mass is 277 g/mol. The van der Waals surface area contributed by atoms with Crippen molar-refractivity contribution in [3.63, 3.8) is 0 Å². The van der Waals surface area contributed by atoms with Gasteiger partial charge < -0.3 is 14.2 Å². The Balaban J connectivity index is 3.74. The van der Waals surface area contributed by atoms with Crippen LogP contribution in [-0.2, 0) is 14.2 Å². The standard InChI is InChI=1S/C13H27NO3S/c1-13(12-17-10-11-18)4-5-14(6-8-15-2)7-9-16-3/h18H,1,4-12H2,2-3H3. The van der Waals surface area contributed by atoms with E-state index in [1.165, 1.54) is 0 Å². The molecule has 0 aliphatic heterocycles. The fraction of sp³-hybridized carbons (Fsp3) is 0.846. The molecule has 5 heteroatoms. The van der Waals surface area contributed by atoms with Gasteiger partial charge in [0.25, 0.3) is 0 Å². The van der Waals surface area contributed by atoms with Gasteiger partial charge in [0.2, 0.25) is 0 Å². The first kappa shape index (κ1) is 17.9. The third-order valence-corrected chi connectivity index (χ3v) is 2.73. The molecular weight excluding hydrogens is 250 g/mol. The summed E-state index contributed by atoms with van der Waals surface area (Å²) < 4.78 is 15.6. The van der Waals surface area contributed by atoms with Gasteiger partial charge in [0.05, 0.1) is 26.4 Å². The molecule has 108 valence electrons. The van der Waals surface area contributed by atoms with Crippen molar-refractivity contribution in [1.29, 1.82) is 0 Å². The summed E-state index contributed by atoms with van der Waals surface area (Å²) in [5.74, 6) is 0.751. The predicted octanol–water partition coefficient (Wildman–Crippen LogP) is 1.47. The maximum Gasteiger partial charge on any atom is 0.0675 e. The van der Waals surface area contributed by atoms with Gasteiger partial charge in [-0.25, -0.2) is 0 Å². The molecule has 0 radical (unpaired) electrons. The zero-order valence-corrected chi connectivity index (χ0v) is 12.6. The summed E-state index contributed by atoms with van der Waals surface area (Å²) >= 11 is 4.09. The Labute approximate surface area is 117 Å². The third kappa shape index (κ3) is 11.0. The average molecular weight is 277 g/mol. The molecule has 0 spiro atoms. The van der Waals surface area contributed by atoms with Crippen LogP contribution < -0.4 is 0 Å². The summed E-state index contributed by atoms with van der Waals surface area (Å²) in [5.41, 5.74) is 1.12. The highest BCUT2D eigenvalue weighted by molar-refractivity contribution is 7.80. The van der Waals surface area contributed by atoms with E-state index in [0.717, 1.165) is 50.6 Å². The largest absolute Gasteiger partial charge is 0.383 e. The summed E-state index contributed by atoms with van der Waals surface area (Å²) in [4.78, 5) is 2.32. The van der Waals surface area contributed by atoms with Crippen LogP contribution in [0.25, 0.3) is 0 Å². The molecule has 0 heterocycles. The molecule has 0 saturated heterocycles. The molecule has 0 aromatic carbocycles. The molecule has 0 atom stereocenters. The number of rotatable bonds is 13. The van der Waals surface area contributed by atoms with Gasteiger partial charge in [-0.05, 0) is 6.42 Å². The number of nitrogens with zero attached hydrogens (tertiary/aromatic N) is 1. The van der Waals surface area contributed by atoms with Crippen molar-refractivity contribution in [2.24, 2.45) is 0 Å². The Bertz CT molecular complexity index is 195. The van der Waals surface area contributed by atoms with Crippen LogP contribution in [0.5, 0.6) is 0 Å². The van der Waals surface area contributed by atoms with Gasteiger partial charge in [0.15, 0.2) is 0 Å². The van der Waals surface area contributed by atoms with Gasteiger partial charge in [-0.15, -0.1) is 0 Å². The van der Waals surface area contributed by atoms with Crippen LogP contribution >= 0.6 is 12.6 Å². The van der Waals surface area contributed by atoms with Crippen molar-refractivity contribution in [1.82, 2.24) is 4.90 Å². The summed E-state index contributed by atoms with van der Waals surface area (Å²) in [6.07, 6.45) is 0.944. The summed E-state index contributed by atoms with van der Waals surface area (Å²) in [6.45, 7) is 9.62. The third-order valence-electron chi connectivity index (χ3n) is 2.55. The second kappa shape index (κ2) is 13.4. The Morgan fingerprint density at radius 1 is 1.06 bits per heavy atom. The van der Waals surface area contributed by atoms with E-state index in [1.807, 2.05) is 0 Å². The van der Waals surface area contributed by atoms with Gasteiger partial charge in [-0.3, -0.25) is 4.90 Å². The van der Waals surface area contributed by atoms with Crippen LogP contribution in [0.4, 0.5) is 0 Å². The maximum atomic E-state index is 5.40. The first-order chi connectivity index (χ1) is 8.74. The minimum atomic E-state index is 0.628. The number of hydrogen-bond acceptors (Lipinski definition) is 5. The van der Waals surface area contributed by atoms with Gasteiger partial charge in [0.1, 0.15) is 0 Å². The summed E-state index contributed by atoms with van der Waals surface area (Å²) in [7, 11) is 3.44. The number of thiol groups is 1. The van der Waals surface area contributed by atoms with E-state index in [-0.39, 0.29) is 0 Å². The number of methoxy groups -OCH3 is 2. The van der Waals surface area contributed by atoms with Crippen molar-refractivity contribution < 1.29 is 14.2 Å². The average Bonchev–Trinajstić information content (AvgIpc) is 2.38. The molecule has 18 heavy (non-hydrogen) atoms. The van der Waals surface area contributed by atoms with E-state index in [4.69, 9.17) is 14.2 Å². The van der Waals surface area contributed by atoms with Crippen LogP contribution in [0.3, 0.4) is 0 Å². The van der Waals surface area contributed by atoms with Crippen LogP contribution in [0, 0.1) is 0 Å². The Morgan fingerprint density at radius 3 is 2.17 bits per heavy atom. The number of hydrogen-bond donors (Lipinski definition) is 1. The maximum absolute atomic E-state index is 5.40. The van der Waals surface area contributed by atoms with Crippen molar-refractivity contribution in [2.45, 2.75) is 6.42 Å². The Kier molecular flexibility index (Phi) is 13.3. The Hall–Kier alpha value is -0.0700. The topological polar surface area (TPSA) is 30.9 Å². The van der Waals surface area contributed by atoms with Crippen LogP contribution in [-0.4, -0.2) is 70.9 Å². The first-order valence-electron chi connectivity index (χ1n) is 6.30. The molecule has 0 aliphatic carbocycles. The molecule has 0 fully saturated rings. The molecule has 0 aromatic heterocycles. The lowest BCUT2D eigenvalue weighted by Crippen LogP contribution is -2.32. The SMILES string of the molecule is C=C(CCN(CCOC)CCOC)COCCS. The van der Waals surface area contributed by atoms with E-state index < -0.39 is 0 Å². The minimum Gasteiger partial charge on any atom is -0.383 e. The van der Waals surface area contributed by atoms with Crippen molar-refractivity contribution >= 4 is 12.6 Å². The molecule has 4 nitrogen and oxygen atoms in total. The van der Waals surface area contributed by atoms with Gasteiger partial charge in [-0.1, -0.05) is 12.2 Å². The molecule has 0 aliphatic rings. The molecule has 0 saturated carbocycles. The molecule has 0 bridgehead atoms. The fourth-order valence-electron chi connectivity index (χ4n) is 1.45. The van der Waals surface area contributed by atoms with Crippen molar-refractivity contribution in [2.75, 3.05) is 66.0 Å². The van der Waals surface area contributed by atoms with E-state index in [0.29, 0.717) is 13.2 Å². The Morgan fingerprint density at radius 2 is 1.67 bits per heavy atom. The second-order valence-electron chi connectivity index (χ2n) is 4.10. The first-order valence-corrected chi connectivity index (χ1v) is 6.93. The fourth-order valence-corrected chi connectivity index (χ4v) is 1.57. The van der Waals surface area contributed by atoms with Gasteiger partial charge in [0, 0.05) is 39.6 Å². The normalized spacial score (nSPS) is 11.1. The number of ether oxygens (including phenoxy) is 3. The van der Waals surface area contributed by atoms with E-state index in [1.54, 1.807) is 14.2 Å². The molecule has 0 aromatic rings. The van der Waals surface area contributed by atoms with Crippen LogP contribution in [0.15, 0.2) is 12.2 Å². The summed E-state index contributed by atoms with van der Waals surface area (Å²) in [6, 6.07) is 0. The molecule has 0 amide bonds. The molecule has 0 unspecified atom stereocenters. The lowest BCUT2D eigenvalue weighted by Gasteiger charge is -2.22. The highest BCUT2D eigenvalue weighted by Gasteiger charge is 2.05. The molecular formula is C13H27NO3S. The van der Waals surface area contributed by atoms with E-state index in [9.17, 15) is 0 Å². The zero-order chi connectivity index (χ0) is 13.6. The van der Waals surface area contributed by atoms with Gasteiger partial charge in [-0.2, -0.15) is 12.6 Å². The van der Waals surface area contributed by atoms with Crippen molar-refractivity contribution in [3.8, 4) is 0 Å². The molecule has 0 rings (SSSR count). The van der Waals surface area contributed by atoms with Crippen LogP contribution in [0.1, 0.15) is 6.42 Å². The van der Waals surface area contributed by atoms with Crippen molar-refractivity contribution in [3.05, 3.63) is 12.2 Å². The quantitative estimate of drug-likeness (QED) is 0.314.